The highest BCUT2D eigenvalue weighted by Crippen LogP contribution is 2.18. The Hall–Kier alpha value is -0.680. The van der Waals surface area contributed by atoms with Gasteiger partial charge in [-0.15, -0.1) is 0 Å². The van der Waals surface area contributed by atoms with E-state index in [0.29, 0.717) is 12.0 Å². The second-order valence-corrected chi connectivity index (χ2v) is 6.73. The number of nitrogens with one attached hydrogen (secondary N) is 1. The molecule has 0 aliphatic carbocycles. The van der Waals surface area contributed by atoms with E-state index in [1.165, 1.54) is 32.4 Å². The number of nitrogens with zero attached hydrogens (tertiary/aromatic N) is 3. The van der Waals surface area contributed by atoms with Crippen LogP contribution in [0.5, 0.6) is 0 Å². The summed E-state index contributed by atoms with van der Waals surface area (Å²) in [7, 11) is 0. The van der Waals surface area contributed by atoms with Gasteiger partial charge in [-0.1, -0.05) is 20.3 Å². The predicted octanol–water partition coefficient (Wildman–Crippen LogP) is 3.65. The summed E-state index contributed by atoms with van der Waals surface area (Å²) in [6.07, 6.45) is 4.05. The predicted molar refractivity (Wildman–Crippen MR) is 87.2 cm³/mol. The molecule has 2 rings (SSSR count). The Morgan fingerprint density at radius 3 is 2.55 bits per heavy atom. The Balaban J connectivity index is 1.92. The van der Waals surface area contributed by atoms with Gasteiger partial charge in [0.05, 0.1) is 0 Å². The van der Waals surface area contributed by atoms with Crippen molar-refractivity contribution in [3.05, 3.63) is 16.5 Å². The van der Waals surface area contributed by atoms with E-state index in [1.54, 1.807) is 0 Å². The molecule has 0 aromatic carbocycles. The zero-order valence-electron chi connectivity index (χ0n) is 12.7. The molecular formula is C15H25BrN4. The first-order chi connectivity index (χ1) is 9.56. The molecule has 1 aliphatic rings. The molecular weight excluding hydrogens is 316 g/mol. The monoisotopic (exact) mass is 340 g/mol. The number of likely N-dealkylation sites (tertiary alicyclic amines) is 1. The van der Waals surface area contributed by atoms with E-state index in [4.69, 9.17) is 0 Å². The Morgan fingerprint density at radius 1 is 1.20 bits per heavy atom. The van der Waals surface area contributed by atoms with Gasteiger partial charge in [-0.25, -0.2) is 9.97 Å². The molecule has 0 radical (unpaired) electrons. The topological polar surface area (TPSA) is 41.1 Å². The van der Waals surface area contributed by atoms with E-state index in [0.717, 1.165) is 22.8 Å². The van der Waals surface area contributed by atoms with Crippen LogP contribution in [0.15, 0.2) is 10.7 Å². The number of piperidine rings is 1. The summed E-state index contributed by atoms with van der Waals surface area (Å²) in [5.74, 6) is 2.14. The normalized spacial score (nSPS) is 18.2. The molecule has 1 atom stereocenters. The highest BCUT2D eigenvalue weighted by molar-refractivity contribution is 9.10. The molecule has 0 spiro atoms. The minimum absolute atomic E-state index is 0.340. The Morgan fingerprint density at radius 2 is 1.90 bits per heavy atom. The van der Waals surface area contributed by atoms with Gasteiger partial charge in [0.15, 0.2) is 0 Å². The van der Waals surface area contributed by atoms with E-state index in [-0.39, 0.29) is 0 Å². The quantitative estimate of drug-likeness (QED) is 0.830. The lowest BCUT2D eigenvalue weighted by Gasteiger charge is -2.32. The number of anilines is 1. The van der Waals surface area contributed by atoms with E-state index in [2.05, 4.69) is 56.9 Å². The molecule has 1 fully saturated rings. The number of aromatic nitrogens is 2. The van der Waals surface area contributed by atoms with Crippen molar-refractivity contribution in [1.82, 2.24) is 14.9 Å². The van der Waals surface area contributed by atoms with Crippen LogP contribution in [-0.2, 0) is 0 Å². The van der Waals surface area contributed by atoms with Crippen molar-refractivity contribution in [1.29, 1.82) is 0 Å². The highest BCUT2D eigenvalue weighted by Gasteiger charge is 2.16. The van der Waals surface area contributed by atoms with Gasteiger partial charge in [-0.3, -0.25) is 4.90 Å². The van der Waals surface area contributed by atoms with Crippen LogP contribution in [0.25, 0.3) is 0 Å². The zero-order chi connectivity index (χ0) is 14.5. The maximum atomic E-state index is 4.58. The van der Waals surface area contributed by atoms with Crippen LogP contribution in [0.1, 0.15) is 51.8 Å². The standard InChI is InChI=1S/C15H25BrN4/c1-11(2)15-18-13(16)9-14(19-15)17-10-12(3)20-7-5-4-6-8-20/h9,11-12H,4-8,10H2,1-3H3,(H,17,18,19). The second-order valence-electron chi connectivity index (χ2n) is 5.92. The third-order valence-corrected chi connectivity index (χ3v) is 4.23. The molecule has 20 heavy (non-hydrogen) atoms. The fourth-order valence-electron chi connectivity index (χ4n) is 2.52. The van der Waals surface area contributed by atoms with Gasteiger partial charge in [-0.2, -0.15) is 0 Å². The summed E-state index contributed by atoms with van der Waals surface area (Å²) in [6.45, 7) is 9.91. The van der Waals surface area contributed by atoms with E-state index in [1.807, 2.05) is 6.07 Å². The molecule has 0 amide bonds. The van der Waals surface area contributed by atoms with Gasteiger partial charge in [0.2, 0.25) is 0 Å². The molecule has 1 aromatic heterocycles. The molecule has 1 N–H and O–H groups in total. The van der Waals surface area contributed by atoms with Crippen molar-refractivity contribution in [2.45, 2.75) is 52.0 Å². The first kappa shape index (κ1) is 15.7. The first-order valence-electron chi connectivity index (χ1n) is 7.58. The third kappa shape index (κ3) is 4.42. The molecule has 1 saturated heterocycles. The van der Waals surface area contributed by atoms with E-state index in [9.17, 15) is 0 Å². The summed E-state index contributed by atoms with van der Waals surface area (Å²) in [6, 6.07) is 2.50. The average Bonchev–Trinajstić information content (AvgIpc) is 2.45. The lowest BCUT2D eigenvalue weighted by Crippen LogP contribution is -2.41. The summed E-state index contributed by atoms with van der Waals surface area (Å²) < 4.78 is 0.851. The van der Waals surface area contributed by atoms with E-state index < -0.39 is 0 Å². The molecule has 5 heteroatoms. The Bertz CT molecular complexity index is 430. The molecule has 112 valence electrons. The van der Waals surface area contributed by atoms with Crippen molar-refractivity contribution in [3.63, 3.8) is 0 Å². The number of hydrogen-bond donors (Lipinski definition) is 1. The lowest BCUT2D eigenvalue weighted by atomic mass is 10.1. The van der Waals surface area contributed by atoms with Crippen molar-refractivity contribution in [2.24, 2.45) is 0 Å². The van der Waals surface area contributed by atoms with E-state index >= 15 is 0 Å². The molecule has 4 nitrogen and oxygen atoms in total. The van der Waals surface area contributed by atoms with Crippen LogP contribution in [-0.4, -0.2) is 40.5 Å². The van der Waals surface area contributed by atoms with Gasteiger partial charge >= 0.3 is 0 Å². The van der Waals surface area contributed by atoms with Crippen LogP contribution in [0.4, 0.5) is 5.82 Å². The summed E-state index contributed by atoms with van der Waals surface area (Å²) in [4.78, 5) is 11.6. The number of hydrogen-bond acceptors (Lipinski definition) is 4. The molecule has 2 heterocycles. The molecule has 0 saturated carbocycles. The summed E-state index contributed by atoms with van der Waals surface area (Å²) in [5.41, 5.74) is 0. The highest BCUT2D eigenvalue weighted by atomic mass is 79.9. The molecule has 0 bridgehead atoms. The first-order valence-corrected chi connectivity index (χ1v) is 8.38. The summed E-state index contributed by atoms with van der Waals surface area (Å²) in [5, 5.41) is 3.46. The number of halogens is 1. The minimum Gasteiger partial charge on any atom is -0.368 e. The summed E-state index contributed by atoms with van der Waals surface area (Å²) >= 11 is 3.46. The Kier molecular flexibility index (Phi) is 5.78. The largest absolute Gasteiger partial charge is 0.368 e. The van der Waals surface area contributed by atoms with Crippen molar-refractivity contribution in [3.8, 4) is 0 Å². The second kappa shape index (κ2) is 7.36. The Labute approximate surface area is 130 Å². The van der Waals surface area contributed by atoms with Crippen molar-refractivity contribution in [2.75, 3.05) is 25.0 Å². The SMILES string of the molecule is CC(C)c1nc(Br)cc(NCC(C)N2CCCCC2)n1. The minimum atomic E-state index is 0.340. The van der Waals surface area contributed by atoms with Gasteiger partial charge < -0.3 is 5.32 Å². The van der Waals surface area contributed by atoms with Crippen molar-refractivity contribution >= 4 is 21.7 Å². The van der Waals surface area contributed by atoms with Crippen LogP contribution < -0.4 is 5.32 Å². The fourth-order valence-corrected chi connectivity index (χ4v) is 2.92. The maximum absolute atomic E-state index is 4.58. The molecule has 1 aliphatic heterocycles. The molecule has 1 aromatic rings. The van der Waals surface area contributed by atoms with Crippen molar-refractivity contribution < 1.29 is 0 Å². The van der Waals surface area contributed by atoms with Crippen LogP contribution in [0, 0.1) is 0 Å². The van der Waals surface area contributed by atoms with Gasteiger partial charge in [-0.05, 0) is 48.8 Å². The van der Waals surface area contributed by atoms with Crippen LogP contribution >= 0.6 is 15.9 Å². The van der Waals surface area contributed by atoms with Gasteiger partial charge in [0.1, 0.15) is 16.2 Å². The van der Waals surface area contributed by atoms with Gasteiger partial charge in [0.25, 0.3) is 0 Å². The number of rotatable bonds is 5. The van der Waals surface area contributed by atoms with Gasteiger partial charge in [0, 0.05) is 24.6 Å². The third-order valence-electron chi connectivity index (χ3n) is 3.82. The maximum Gasteiger partial charge on any atom is 0.134 e. The zero-order valence-corrected chi connectivity index (χ0v) is 14.3. The fraction of sp³-hybridized carbons (Fsp3) is 0.733. The van der Waals surface area contributed by atoms with Crippen LogP contribution in [0.2, 0.25) is 0 Å². The van der Waals surface area contributed by atoms with Crippen LogP contribution in [0.3, 0.4) is 0 Å². The smallest absolute Gasteiger partial charge is 0.134 e. The lowest BCUT2D eigenvalue weighted by molar-refractivity contribution is 0.180. The average molecular weight is 341 g/mol. The molecule has 1 unspecified atom stereocenters.